The van der Waals surface area contributed by atoms with E-state index in [-0.39, 0.29) is 25.4 Å². The number of para-hydroxylation sites is 1. The molecular formula is C50H43BrClFN3O4+. The van der Waals surface area contributed by atoms with Gasteiger partial charge in [0.15, 0.2) is 12.3 Å². The summed E-state index contributed by atoms with van der Waals surface area (Å²) in [5, 5.41) is 21.1. The van der Waals surface area contributed by atoms with Gasteiger partial charge in [0, 0.05) is 44.0 Å². The Morgan fingerprint density at radius 1 is 0.933 bits per heavy atom. The second-order valence-corrected chi connectivity index (χ2v) is 16.6. The summed E-state index contributed by atoms with van der Waals surface area (Å²) < 4.78 is 23.3. The van der Waals surface area contributed by atoms with Gasteiger partial charge in [-0.15, -0.1) is 0 Å². The van der Waals surface area contributed by atoms with Gasteiger partial charge in [-0.2, -0.15) is 9.84 Å². The van der Waals surface area contributed by atoms with Gasteiger partial charge in [0.25, 0.3) is 6.47 Å². The van der Waals surface area contributed by atoms with Gasteiger partial charge in [-0.25, -0.2) is 4.39 Å². The lowest BCUT2D eigenvalue weighted by atomic mass is 9.70. The first-order chi connectivity index (χ1) is 29.1. The molecule has 0 saturated carbocycles. The number of carbonyl (C=O) groups excluding carboxylic acids is 1. The van der Waals surface area contributed by atoms with E-state index in [9.17, 15) is 20.0 Å². The fourth-order valence-corrected chi connectivity index (χ4v) is 9.33. The van der Waals surface area contributed by atoms with Gasteiger partial charge in [-0.1, -0.05) is 112 Å². The maximum Gasteiger partial charge on any atom is 0.309 e. The zero-order valence-electron chi connectivity index (χ0n) is 33.0. The maximum absolute atomic E-state index is 15.5. The summed E-state index contributed by atoms with van der Waals surface area (Å²) in [5.41, 5.74) is 7.01. The Kier molecular flexibility index (Phi) is 12.9. The Hall–Kier alpha value is -6.08. The highest BCUT2D eigenvalue weighted by molar-refractivity contribution is 9.10. The van der Waals surface area contributed by atoms with Crippen LogP contribution in [0.1, 0.15) is 41.2 Å². The van der Waals surface area contributed by atoms with Crippen LogP contribution in [0.5, 0.6) is 0 Å². The van der Waals surface area contributed by atoms with Gasteiger partial charge >= 0.3 is 5.97 Å². The zero-order valence-corrected chi connectivity index (χ0v) is 35.4. The molecule has 302 valence electrons. The quantitative estimate of drug-likeness (QED) is 0.0349. The number of halogens is 3. The lowest BCUT2D eigenvalue weighted by Crippen LogP contribution is -2.36. The zero-order chi connectivity index (χ0) is 42.3. The number of fused-ring (bicyclic) bond motifs is 2. The second kappa shape index (κ2) is 18.5. The van der Waals surface area contributed by atoms with Crippen molar-refractivity contribution in [2.24, 2.45) is 0 Å². The molecule has 60 heavy (non-hydrogen) atoms. The molecule has 1 unspecified atom stereocenters. The molecule has 5 aromatic carbocycles. The number of allylic oxidation sites excluding steroid dienone is 6. The molecule has 0 radical (unpaired) electrons. The summed E-state index contributed by atoms with van der Waals surface area (Å²) in [6.45, 7) is 3.15. The van der Waals surface area contributed by atoms with E-state index in [0.29, 0.717) is 52.9 Å². The number of nitriles is 1. The van der Waals surface area contributed by atoms with E-state index in [1.165, 1.54) is 6.07 Å². The molecule has 2 aliphatic heterocycles. The minimum absolute atomic E-state index is 0.124. The largest absolute Gasteiger partial charge is 0.481 e. The van der Waals surface area contributed by atoms with Crippen LogP contribution in [0.2, 0.25) is 5.02 Å². The van der Waals surface area contributed by atoms with Crippen molar-refractivity contribution in [1.82, 2.24) is 0 Å². The molecule has 1 N–H and O–H groups in total. The molecule has 0 spiro atoms. The van der Waals surface area contributed by atoms with Gasteiger partial charge < -0.3 is 14.7 Å². The van der Waals surface area contributed by atoms with Gasteiger partial charge in [-0.05, 0) is 97.0 Å². The highest BCUT2D eigenvalue weighted by Crippen LogP contribution is 2.52. The van der Waals surface area contributed by atoms with Crippen molar-refractivity contribution in [2.45, 2.75) is 43.4 Å². The smallest absolute Gasteiger partial charge is 0.309 e. The van der Waals surface area contributed by atoms with Crippen LogP contribution in [0.4, 0.5) is 15.8 Å². The van der Waals surface area contributed by atoms with Crippen LogP contribution in [-0.4, -0.2) is 47.5 Å². The van der Waals surface area contributed by atoms with Crippen LogP contribution in [0.25, 0.3) is 0 Å². The fourth-order valence-electron chi connectivity index (χ4n) is 8.82. The molecule has 10 heteroatoms. The molecule has 0 amide bonds. The number of aliphatic carboxylic acids is 1. The first kappa shape index (κ1) is 42.1. The van der Waals surface area contributed by atoms with Crippen LogP contribution >= 0.6 is 27.5 Å². The summed E-state index contributed by atoms with van der Waals surface area (Å²) in [7, 11) is 0. The number of benzene rings is 5. The molecule has 0 fully saturated rings. The third kappa shape index (κ3) is 8.77. The molecule has 0 saturated heterocycles. The monoisotopic (exact) mass is 882 g/mol. The third-order valence-electron chi connectivity index (χ3n) is 11.5. The summed E-state index contributed by atoms with van der Waals surface area (Å²) in [6.07, 6.45) is 8.78. The van der Waals surface area contributed by atoms with Crippen LogP contribution in [0.3, 0.4) is 0 Å². The predicted octanol–water partition coefficient (Wildman–Crippen LogP) is 10.6. The van der Waals surface area contributed by atoms with Gasteiger partial charge in [0.05, 0.1) is 23.6 Å². The number of rotatable bonds is 16. The molecule has 7 rings (SSSR count). The van der Waals surface area contributed by atoms with Crippen molar-refractivity contribution in [3.05, 3.63) is 200 Å². The standard InChI is InChI=1S/C50H42BrClFN3O4/c1-49(32-38-18-19-39(51)28-43(38)53)41-14-8-9-15-44(41)55(25-24-48(58)59)46(49)22-16-37(33-54)17-23-47-50(30-35-10-4-2-5-11-35,31-36-12-6-3-7-13-36)42-29-40(52)20-21-45(42)56(47)26-27-60-34-57/h2-23,28-29,34H,24-27,30-32H2,1H3/p+1. The van der Waals surface area contributed by atoms with Crippen molar-refractivity contribution in [1.29, 1.82) is 5.26 Å². The highest BCUT2D eigenvalue weighted by Gasteiger charge is 2.49. The first-order valence-electron chi connectivity index (χ1n) is 19.7. The van der Waals surface area contributed by atoms with Gasteiger partial charge in [0.1, 0.15) is 18.8 Å². The molecule has 7 nitrogen and oxygen atoms in total. The van der Waals surface area contributed by atoms with Crippen molar-refractivity contribution in [2.75, 3.05) is 24.6 Å². The second-order valence-electron chi connectivity index (χ2n) is 15.2. The van der Waals surface area contributed by atoms with Crippen LogP contribution in [0, 0.1) is 17.1 Å². The molecule has 0 bridgehead atoms. The summed E-state index contributed by atoms with van der Waals surface area (Å²) >= 11 is 10.1. The van der Waals surface area contributed by atoms with E-state index in [4.69, 9.17) is 16.3 Å². The molecule has 5 aromatic rings. The minimum Gasteiger partial charge on any atom is -0.481 e. The molecule has 0 aliphatic carbocycles. The molecule has 2 heterocycles. The topological polar surface area (TPSA) is 93.6 Å². The summed E-state index contributed by atoms with van der Waals surface area (Å²) in [5.74, 6) is -1.29. The molecular weight excluding hydrogens is 841 g/mol. The Bertz CT molecular complexity index is 2540. The Labute approximate surface area is 363 Å². The summed E-state index contributed by atoms with van der Waals surface area (Å²) in [6, 6.07) is 41.5. The SMILES string of the molecule is CC1(Cc2ccc(Br)cc2F)C(/C=C/C(C#N)=C/C=C2/N(CCOC=O)c3ccc(Cl)cc3C2(Cc2ccccc2)Cc2ccccc2)=[N+](CCC(=O)O)c2ccccc21. The van der Waals surface area contributed by atoms with Crippen molar-refractivity contribution < 1.29 is 28.4 Å². The van der Waals surface area contributed by atoms with E-state index < -0.39 is 16.8 Å². The van der Waals surface area contributed by atoms with E-state index >= 15 is 4.39 Å². The first-order valence-corrected chi connectivity index (χ1v) is 20.8. The van der Waals surface area contributed by atoms with E-state index in [1.807, 2.05) is 109 Å². The van der Waals surface area contributed by atoms with Crippen LogP contribution in [-0.2, 0) is 44.4 Å². The number of anilines is 1. The van der Waals surface area contributed by atoms with Crippen molar-refractivity contribution in [3.8, 4) is 6.07 Å². The average molecular weight is 884 g/mol. The van der Waals surface area contributed by atoms with E-state index in [0.717, 1.165) is 45.0 Å². The Balaban J connectivity index is 1.39. The number of ether oxygens (including phenoxy) is 1. The van der Waals surface area contributed by atoms with E-state index in [2.05, 4.69) is 51.2 Å². The number of hydrogen-bond donors (Lipinski definition) is 1. The molecule has 0 aromatic heterocycles. The third-order valence-corrected chi connectivity index (χ3v) is 12.2. The highest BCUT2D eigenvalue weighted by atomic mass is 79.9. The lowest BCUT2D eigenvalue weighted by Gasteiger charge is -2.34. The lowest BCUT2D eigenvalue weighted by molar-refractivity contribution is -0.436. The van der Waals surface area contributed by atoms with Crippen LogP contribution < -0.4 is 4.90 Å². The molecule has 2 aliphatic rings. The number of carboxylic acid groups (broad SMARTS) is 1. The van der Waals surface area contributed by atoms with Gasteiger partial charge in [0.2, 0.25) is 5.69 Å². The Morgan fingerprint density at radius 3 is 2.27 bits per heavy atom. The number of hydrogen-bond acceptors (Lipinski definition) is 5. The summed E-state index contributed by atoms with van der Waals surface area (Å²) in [4.78, 5) is 25.4. The molecule has 1 atom stereocenters. The normalized spacial score (nSPS) is 17.5. The number of carboxylic acids is 1. The van der Waals surface area contributed by atoms with Crippen molar-refractivity contribution in [3.63, 3.8) is 0 Å². The Morgan fingerprint density at radius 2 is 1.62 bits per heavy atom. The van der Waals surface area contributed by atoms with E-state index in [1.54, 1.807) is 18.2 Å². The minimum atomic E-state index is -0.941. The van der Waals surface area contributed by atoms with Crippen LogP contribution in [0.15, 0.2) is 161 Å². The van der Waals surface area contributed by atoms with Gasteiger partial charge in [-0.3, -0.25) is 9.59 Å². The average Bonchev–Trinajstić information content (AvgIpc) is 3.62. The number of nitrogens with zero attached hydrogens (tertiary/aromatic N) is 3. The van der Waals surface area contributed by atoms with Crippen molar-refractivity contribution >= 4 is 57.1 Å². The predicted molar refractivity (Wildman–Crippen MR) is 237 cm³/mol. The fraction of sp³-hybridized carbons (Fsp3) is 0.200. The maximum atomic E-state index is 15.5. The number of carbonyl (C=O) groups is 2.